The lowest BCUT2D eigenvalue weighted by atomic mass is 9.98. The molecule has 2 aromatic carbocycles. The molecule has 0 saturated carbocycles. The average Bonchev–Trinajstić information content (AvgIpc) is 3.28. The largest absolute Gasteiger partial charge is 0.448 e. The number of amides is 1. The van der Waals surface area contributed by atoms with Gasteiger partial charge >= 0.3 is 6.09 Å². The number of benzene rings is 2. The predicted octanol–water partition coefficient (Wildman–Crippen LogP) is 5.96. The zero-order valence-corrected chi connectivity index (χ0v) is 18.2. The summed E-state index contributed by atoms with van der Waals surface area (Å²) in [6.07, 6.45) is 4.89. The SMILES string of the molecule is Cc1cccc(C2=CC3CCC(C2)N3C(=O)OCC2c3ccccc3-c3ccccc32)n1. The fourth-order valence-electron chi connectivity index (χ4n) is 5.70. The van der Waals surface area contributed by atoms with Crippen LogP contribution >= 0.6 is 0 Å². The summed E-state index contributed by atoms with van der Waals surface area (Å²) in [4.78, 5) is 19.9. The van der Waals surface area contributed by atoms with Crippen molar-refractivity contribution in [2.24, 2.45) is 0 Å². The molecule has 1 saturated heterocycles. The number of fused-ring (bicyclic) bond motifs is 5. The number of carbonyl (C=O) groups is 1. The minimum atomic E-state index is -0.188. The fraction of sp³-hybridized carbons (Fsp3) is 0.286. The normalized spacial score (nSPS) is 21.2. The minimum absolute atomic E-state index is 0.0939. The number of nitrogens with zero attached hydrogens (tertiary/aromatic N) is 2. The van der Waals surface area contributed by atoms with E-state index < -0.39 is 0 Å². The molecule has 1 amide bonds. The molecule has 3 heterocycles. The maximum absolute atomic E-state index is 13.2. The summed E-state index contributed by atoms with van der Waals surface area (Å²) in [6, 6.07) is 23.3. The Bertz CT molecular complexity index is 1190. The Morgan fingerprint density at radius 1 is 0.969 bits per heavy atom. The molecule has 1 aromatic heterocycles. The van der Waals surface area contributed by atoms with Crippen LogP contribution < -0.4 is 0 Å². The Morgan fingerprint density at radius 3 is 2.38 bits per heavy atom. The summed E-state index contributed by atoms with van der Waals surface area (Å²) >= 11 is 0. The van der Waals surface area contributed by atoms with Gasteiger partial charge in [0, 0.05) is 17.7 Å². The summed E-state index contributed by atoms with van der Waals surface area (Å²) < 4.78 is 5.96. The van der Waals surface area contributed by atoms with E-state index in [1.165, 1.54) is 27.8 Å². The number of aryl methyl sites for hydroxylation is 1. The second-order valence-electron chi connectivity index (χ2n) is 9.07. The second-order valence-corrected chi connectivity index (χ2v) is 9.07. The molecule has 160 valence electrons. The van der Waals surface area contributed by atoms with Crippen molar-refractivity contribution in [3.8, 4) is 11.1 Å². The molecular formula is C28H26N2O2. The Hall–Kier alpha value is -3.40. The van der Waals surface area contributed by atoms with Crippen LogP contribution in [0.25, 0.3) is 16.7 Å². The first kappa shape index (κ1) is 19.3. The van der Waals surface area contributed by atoms with Crippen molar-refractivity contribution in [1.82, 2.24) is 9.88 Å². The number of pyridine rings is 1. The topological polar surface area (TPSA) is 42.4 Å². The molecular weight excluding hydrogens is 396 g/mol. The molecule has 1 aliphatic carbocycles. The van der Waals surface area contributed by atoms with E-state index in [0.717, 1.165) is 30.7 Å². The Kier molecular flexibility index (Phi) is 4.60. The number of carbonyl (C=O) groups excluding carboxylic acids is 1. The van der Waals surface area contributed by atoms with Crippen LogP contribution in [0.3, 0.4) is 0 Å². The molecule has 1 fully saturated rings. The van der Waals surface area contributed by atoms with E-state index in [-0.39, 0.29) is 24.1 Å². The van der Waals surface area contributed by atoms with E-state index in [9.17, 15) is 4.79 Å². The van der Waals surface area contributed by atoms with E-state index in [2.05, 4.69) is 66.7 Å². The molecule has 0 N–H and O–H groups in total. The van der Waals surface area contributed by atoms with Gasteiger partial charge in [-0.15, -0.1) is 0 Å². The van der Waals surface area contributed by atoms with Gasteiger partial charge in [0.2, 0.25) is 0 Å². The number of hydrogen-bond acceptors (Lipinski definition) is 3. The summed E-state index contributed by atoms with van der Waals surface area (Å²) in [5, 5.41) is 0. The van der Waals surface area contributed by atoms with Gasteiger partial charge in [-0.3, -0.25) is 9.88 Å². The van der Waals surface area contributed by atoms with Gasteiger partial charge < -0.3 is 4.74 Å². The first-order valence-corrected chi connectivity index (χ1v) is 11.5. The molecule has 32 heavy (non-hydrogen) atoms. The molecule has 2 atom stereocenters. The maximum atomic E-state index is 13.2. The summed E-state index contributed by atoms with van der Waals surface area (Å²) in [5.41, 5.74) is 8.31. The van der Waals surface area contributed by atoms with Crippen molar-refractivity contribution < 1.29 is 9.53 Å². The van der Waals surface area contributed by atoms with Crippen molar-refractivity contribution in [3.05, 3.63) is 95.3 Å². The Morgan fingerprint density at radius 2 is 1.69 bits per heavy atom. The van der Waals surface area contributed by atoms with Gasteiger partial charge in [0.15, 0.2) is 0 Å². The number of ether oxygens (including phenoxy) is 1. The molecule has 4 heteroatoms. The lowest BCUT2D eigenvalue weighted by Crippen LogP contribution is -2.43. The summed E-state index contributed by atoms with van der Waals surface area (Å²) in [6.45, 7) is 2.39. The van der Waals surface area contributed by atoms with E-state index in [0.29, 0.717) is 6.61 Å². The van der Waals surface area contributed by atoms with Crippen LogP contribution in [-0.2, 0) is 4.74 Å². The monoisotopic (exact) mass is 422 g/mol. The highest BCUT2D eigenvalue weighted by molar-refractivity contribution is 5.79. The zero-order valence-electron chi connectivity index (χ0n) is 18.2. The molecule has 4 nitrogen and oxygen atoms in total. The van der Waals surface area contributed by atoms with Crippen molar-refractivity contribution in [2.45, 2.75) is 44.2 Å². The van der Waals surface area contributed by atoms with Crippen LogP contribution in [0, 0.1) is 6.92 Å². The number of rotatable bonds is 3. The smallest absolute Gasteiger partial charge is 0.410 e. The van der Waals surface area contributed by atoms with Gasteiger partial charge in [-0.2, -0.15) is 0 Å². The lowest BCUT2D eigenvalue weighted by Gasteiger charge is -2.33. The van der Waals surface area contributed by atoms with Crippen molar-refractivity contribution in [1.29, 1.82) is 0 Å². The highest BCUT2D eigenvalue weighted by Crippen LogP contribution is 2.45. The minimum Gasteiger partial charge on any atom is -0.448 e. The van der Waals surface area contributed by atoms with Crippen LogP contribution in [0.4, 0.5) is 4.79 Å². The summed E-state index contributed by atoms with van der Waals surface area (Å²) in [5.74, 6) is 0.0939. The van der Waals surface area contributed by atoms with E-state index in [1.54, 1.807) is 0 Å². The quantitative estimate of drug-likeness (QED) is 0.523. The van der Waals surface area contributed by atoms with Crippen LogP contribution in [0.5, 0.6) is 0 Å². The molecule has 2 aliphatic heterocycles. The fourth-order valence-corrected chi connectivity index (χ4v) is 5.70. The van der Waals surface area contributed by atoms with Crippen molar-refractivity contribution >= 4 is 11.7 Å². The number of hydrogen-bond donors (Lipinski definition) is 0. The molecule has 3 aromatic rings. The van der Waals surface area contributed by atoms with Crippen LogP contribution in [0.15, 0.2) is 72.8 Å². The van der Waals surface area contributed by atoms with Gasteiger partial charge in [0.1, 0.15) is 6.61 Å². The van der Waals surface area contributed by atoms with Crippen LogP contribution in [0.2, 0.25) is 0 Å². The van der Waals surface area contributed by atoms with Crippen LogP contribution in [0.1, 0.15) is 47.7 Å². The third-order valence-electron chi connectivity index (χ3n) is 7.16. The Labute approximate surface area is 188 Å². The second kappa shape index (κ2) is 7.63. The average molecular weight is 423 g/mol. The molecule has 2 unspecified atom stereocenters. The van der Waals surface area contributed by atoms with E-state index in [4.69, 9.17) is 9.72 Å². The first-order chi connectivity index (χ1) is 15.7. The third-order valence-corrected chi connectivity index (χ3v) is 7.16. The zero-order chi connectivity index (χ0) is 21.7. The molecule has 6 rings (SSSR count). The summed E-state index contributed by atoms with van der Waals surface area (Å²) in [7, 11) is 0. The van der Waals surface area contributed by atoms with Crippen molar-refractivity contribution in [2.75, 3.05) is 6.61 Å². The van der Waals surface area contributed by atoms with E-state index >= 15 is 0 Å². The van der Waals surface area contributed by atoms with Gasteiger partial charge in [-0.1, -0.05) is 60.7 Å². The Balaban J connectivity index is 1.20. The molecule has 0 radical (unpaired) electrons. The van der Waals surface area contributed by atoms with Crippen molar-refractivity contribution in [3.63, 3.8) is 0 Å². The molecule has 2 bridgehead atoms. The predicted molar refractivity (Wildman–Crippen MR) is 125 cm³/mol. The highest BCUT2D eigenvalue weighted by atomic mass is 16.6. The maximum Gasteiger partial charge on any atom is 0.410 e. The van der Waals surface area contributed by atoms with Crippen LogP contribution in [-0.4, -0.2) is 34.7 Å². The van der Waals surface area contributed by atoms with E-state index in [1.807, 2.05) is 17.9 Å². The molecule has 3 aliphatic rings. The standard InChI is InChI=1S/C28H26N2O2/c1-18-7-6-12-27(29-18)19-15-20-13-14-21(16-19)30(20)28(31)32-17-26-24-10-4-2-8-22(24)23-9-3-5-11-25(23)26/h2-12,15,20-21,26H,13-14,16-17H2,1H3. The van der Waals surface area contributed by atoms with Gasteiger partial charge in [-0.25, -0.2) is 4.79 Å². The molecule has 0 spiro atoms. The number of aromatic nitrogens is 1. The third kappa shape index (κ3) is 3.13. The first-order valence-electron chi connectivity index (χ1n) is 11.5. The van der Waals surface area contributed by atoms with Gasteiger partial charge in [-0.05, 0) is 66.1 Å². The van der Waals surface area contributed by atoms with Gasteiger partial charge in [0.05, 0.1) is 11.7 Å². The highest BCUT2D eigenvalue weighted by Gasteiger charge is 2.41. The van der Waals surface area contributed by atoms with Gasteiger partial charge in [0.25, 0.3) is 0 Å². The lowest BCUT2D eigenvalue weighted by molar-refractivity contribution is 0.0866.